The summed E-state index contributed by atoms with van der Waals surface area (Å²) in [6.07, 6.45) is -7.01. The second-order valence-corrected chi connectivity index (χ2v) is 8.55. The molecule has 3 rings (SSSR count). The number of allylic oxidation sites excluding steroid dienone is 1. The molecule has 0 saturated carbocycles. The van der Waals surface area contributed by atoms with Crippen molar-refractivity contribution in [2.24, 2.45) is 10.5 Å². The van der Waals surface area contributed by atoms with Crippen molar-refractivity contribution in [1.82, 2.24) is 5.01 Å². The Morgan fingerprint density at radius 3 is 2.32 bits per heavy atom. The van der Waals surface area contributed by atoms with E-state index in [0.29, 0.717) is 17.7 Å². The summed E-state index contributed by atoms with van der Waals surface area (Å²) in [6, 6.07) is 7.36. The zero-order valence-corrected chi connectivity index (χ0v) is 18.7. The van der Waals surface area contributed by atoms with Gasteiger partial charge < -0.3 is 5.32 Å². The van der Waals surface area contributed by atoms with Gasteiger partial charge in [-0.2, -0.15) is 31.4 Å². The van der Waals surface area contributed by atoms with Gasteiger partial charge in [0.05, 0.1) is 21.9 Å². The highest BCUT2D eigenvalue weighted by Gasteiger charge is 2.40. The standard InChI is InChI=1S/C23H20ClF6N3O/c1-3-10-21(2)13-33(12-19(34)31-16-7-5-15(6-8-16)22(25,26)27)32-20(21)14-4-9-17(18(24)11-14)23(28,29)30/h3-9,11H,1,10,12-13H2,2H3,(H,31,34). The molecule has 11 heteroatoms. The van der Waals surface area contributed by atoms with Crippen molar-refractivity contribution in [2.75, 3.05) is 18.4 Å². The molecule has 4 nitrogen and oxygen atoms in total. The van der Waals surface area contributed by atoms with E-state index in [2.05, 4.69) is 17.0 Å². The second-order valence-electron chi connectivity index (χ2n) is 8.14. The van der Waals surface area contributed by atoms with Crippen molar-refractivity contribution in [2.45, 2.75) is 25.7 Å². The lowest BCUT2D eigenvalue weighted by atomic mass is 9.79. The van der Waals surface area contributed by atoms with Gasteiger partial charge >= 0.3 is 12.4 Å². The summed E-state index contributed by atoms with van der Waals surface area (Å²) in [4.78, 5) is 12.5. The van der Waals surface area contributed by atoms with Gasteiger partial charge in [-0.05, 0) is 48.4 Å². The predicted molar refractivity (Wildman–Crippen MR) is 118 cm³/mol. The third kappa shape index (κ3) is 5.72. The Kier molecular flexibility index (Phi) is 7.02. The molecule has 0 bridgehead atoms. The third-order valence-electron chi connectivity index (χ3n) is 5.31. The van der Waals surface area contributed by atoms with E-state index in [1.165, 1.54) is 17.1 Å². The molecule has 1 amide bonds. The number of nitrogens with one attached hydrogen (secondary N) is 1. The maximum Gasteiger partial charge on any atom is 0.417 e. The first kappa shape index (κ1) is 25.6. The molecule has 1 aliphatic rings. The Balaban J connectivity index is 1.79. The number of halogens is 7. The molecule has 0 fully saturated rings. The lowest BCUT2D eigenvalue weighted by Gasteiger charge is -2.25. The number of rotatable bonds is 6. The highest BCUT2D eigenvalue weighted by molar-refractivity contribution is 6.32. The zero-order chi connectivity index (χ0) is 25.3. The quantitative estimate of drug-likeness (QED) is 0.356. The minimum Gasteiger partial charge on any atom is -0.324 e. The number of carbonyl (C=O) groups excluding carboxylic acids is 1. The lowest BCUT2D eigenvalue weighted by molar-refractivity contribution is -0.138. The van der Waals surface area contributed by atoms with Crippen molar-refractivity contribution in [3.05, 3.63) is 76.8 Å². The van der Waals surface area contributed by atoms with Crippen LogP contribution in [0.25, 0.3) is 0 Å². The van der Waals surface area contributed by atoms with Crippen LogP contribution in [0.5, 0.6) is 0 Å². The van der Waals surface area contributed by atoms with Gasteiger partial charge in [-0.25, -0.2) is 0 Å². The highest BCUT2D eigenvalue weighted by Crippen LogP contribution is 2.39. The van der Waals surface area contributed by atoms with Gasteiger partial charge in [0.15, 0.2) is 0 Å². The van der Waals surface area contributed by atoms with Crippen molar-refractivity contribution in [3.63, 3.8) is 0 Å². The van der Waals surface area contributed by atoms with Gasteiger partial charge in [-0.1, -0.05) is 30.7 Å². The number of anilines is 1. The van der Waals surface area contributed by atoms with Gasteiger partial charge in [0.1, 0.15) is 6.54 Å². The first-order valence-electron chi connectivity index (χ1n) is 10.0. The van der Waals surface area contributed by atoms with E-state index < -0.39 is 39.8 Å². The number of carbonyl (C=O) groups is 1. The summed E-state index contributed by atoms with van der Waals surface area (Å²) >= 11 is 5.87. The SMILES string of the molecule is C=CCC1(C)CN(CC(=O)Nc2ccc(C(F)(F)F)cc2)N=C1c1ccc(C(F)(F)F)c(Cl)c1. The molecular formula is C23H20ClF6N3O. The Morgan fingerprint density at radius 1 is 1.15 bits per heavy atom. The van der Waals surface area contributed by atoms with Crippen LogP contribution in [0.4, 0.5) is 32.0 Å². The summed E-state index contributed by atoms with van der Waals surface area (Å²) in [5, 5.41) is 7.94. The fourth-order valence-corrected chi connectivity index (χ4v) is 4.04. The minimum atomic E-state index is -4.60. The monoisotopic (exact) mass is 503 g/mol. The Morgan fingerprint density at radius 2 is 1.79 bits per heavy atom. The van der Waals surface area contributed by atoms with E-state index in [-0.39, 0.29) is 18.8 Å². The van der Waals surface area contributed by atoms with Gasteiger partial charge in [-0.15, -0.1) is 6.58 Å². The minimum absolute atomic E-state index is 0.185. The fraction of sp³-hybridized carbons (Fsp3) is 0.304. The molecule has 2 aromatic carbocycles. The highest BCUT2D eigenvalue weighted by atomic mass is 35.5. The molecule has 1 N–H and O–H groups in total. The molecule has 0 aromatic heterocycles. The van der Waals surface area contributed by atoms with Crippen molar-refractivity contribution >= 4 is 28.9 Å². The molecule has 0 radical (unpaired) electrons. The summed E-state index contributed by atoms with van der Waals surface area (Å²) in [7, 11) is 0. The predicted octanol–water partition coefficient (Wildman–Crippen LogP) is 6.62. The van der Waals surface area contributed by atoms with Crippen LogP contribution in [0.15, 0.2) is 60.2 Å². The molecule has 34 heavy (non-hydrogen) atoms. The van der Waals surface area contributed by atoms with Gasteiger partial charge in [0.25, 0.3) is 0 Å². The van der Waals surface area contributed by atoms with Crippen LogP contribution >= 0.6 is 11.6 Å². The van der Waals surface area contributed by atoms with Crippen molar-refractivity contribution in [1.29, 1.82) is 0 Å². The average Bonchev–Trinajstić information content (AvgIpc) is 3.02. The maximum atomic E-state index is 13.1. The number of nitrogens with zero attached hydrogens (tertiary/aromatic N) is 2. The van der Waals surface area contributed by atoms with Crippen LogP contribution < -0.4 is 5.32 Å². The molecule has 1 unspecified atom stereocenters. The Hall–Kier alpha value is -3.01. The van der Waals surface area contributed by atoms with E-state index in [4.69, 9.17) is 11.6 Å². The summed E-state index contributed by atoms with van der Waals surface area (Å²) in [6.45, 7) is 5.61. The normalized spacial score (nSPS) is 18.6. The molecule has 2 aromatic rings. The number of hydrazone groups is 1. The fourth-order valence-electron chi connectivity index (χ4n) is 3.75. The van der Waals surface area contributed by atoms with Crippen LogP contribution in [-0.2, 0) is 17.1 Å². The molecule has 1 heterocycles. The average molecular weight is 504 g/mol. The van der Waals surface area contributed by atoms with Crippen LogP contribution in [0.2, 0.25) is 5.02 Å². The molecule has 0 aliphatic carbocycles. The summed E-state index contributed by atoms with van der Waals surface area (Å²) in [5.74, 6) is -0.517. The van der Waals surface area contributed by atoms with Gasteiger partial charge in [0, 0.05) is 17.6 Å². The first-order valence-corrected chi connectivity index (χ1v) is 10.4. The van der Waals surface area contributed by atoms with Gasteiger partial charge in [0.2, 0.25) is 5.91 Å². The topological polar surface area (TPSA) is 44.7 Å². The van der Waals surface area contributed by atoms with Crippen LogP contribution in [0.1, 0.15) is 30.0 Å². The van der Waals surface area contributed by atoms with Crippen molar-refractivity contribution in [3.8, 4) is 0 Å². The lowest BCUT2D eigenvalue weighted by Crippen LogP contribution is -2.34. The summed E-state index contributed by atoms with van der Waals surface area (Å²) in [5.41, 5.74) is -1.44. The molecule has 1 atom stereocenters. The number of amides is 1. The smallest absolute Gasteiger partial charge is 0.324 e. The molecule has 1 aliphatic heterocycles. The molecule has 182 valence electrons. The van der Waals surface area contributed by atoms with Crippen LogP contribution in [-0.4, -0.2) is 29.7 Å². The summed E-state index contributed by atoms with van der Waals surface area (Å²) < 4.78 is 77.2. The maximum absolute atomic E-state index is 13.1. The van der Waals surface area contributed by atoms with E-state index in [1.807, 2.05) is 6.92 Å². The third-order valence-corrected chi connectivity index (χ3v) is 5.62. The Labute approximate surface area is 196 Å². The van der Waals surface area contributed by atoms with E-state index in [1.54, 1.807) is 6.08 Å². The largest absolute Gasteiger partial charge is 0.417 e. The number of hydrogen-bond donors (Lipinski definition) is 1. The second kappa shape index (κ2) is 9.32. The molecule has 0 spiro atoms. The first-order chi connectivity index (χ1) is 15.7. The Bertz CT molecular complexity index is 1110. The van der Waals surface area contributed by atoms with E-state index in [9.17, 15) is 31.1 Å². The molecule has 0 saturated heterocycles. The van der Waals surface area contributed by atoms with E-state index >= 15 is 0 Å². The zero-order valence-electron chi connectivity index (χ0n) is 17.9. The molecular weight excluding hydrogens is 484 g/mol. The number of alkyl halides is 6. The van der Waals surface area contributed by atoms with Crippen molar-refractivity contribution < 1.29 is 31.1 Å². The number of hydrogen-bond acceptors (Lipinski definition) is 3. The van der Waals surface area contributed by atoms with E-state index in [0.717, 1.165) is 30.3 Å². The van der Waals surface area contributed by atoms with Crippen LogP contribution in [0, 0.1) is 5.41 Å². The van der Waals surface area contributed by atoms with Crippen LogP contribution in [0.3, 0.4) is 0 Å². The number of benzene rings is 2. The van der Waals surface area contributed by atoms with Gasteiger partial charge in [-0.3, -0.25) is 9.80 Å².